The van der Waals surface area contributed by atoms with Crippen molar-refractivity contribution in [2.45, 2.75) is 45.4 Å². The highest BCUT2D eigenvalue weighted by Crippen LogP contribution is 2.04. The molecule has 3 heteroatoms. The molecule has 0 aliphatic rings. The Kier molecular flexibility index (Phi) is 7.89. The second kappa shape index (κ2) is 7.98. The summed E-state index contributed by atoms with van der Waals surface area (Å²) in [5.74, 6) is 0. The fourth-order valence-electron chi connectivity index (χ4n) is 1.03. The van der Waals surface area contributed by atoms with Crippen molar-refractivity contribution in [2.24, 2.45) is 0 Å². The van der Waals surface area contributed by atoms with Crippen LogP contribution in [0.1, 0.15) is 45.4 Å². The van der Waals surface area contributed by atoms with Crippen molar-refractivity contribution in [3.05, 3.63) is 0 Å². The van der Waals surface area contributed by atoms with Gasteiger partial charge < -0.3 is 0 Å². The third-order valence-electron chi connectivity index (χ3n) is 1.71. The summed E-state index contributed by atoms with van der Waals surface area (Å²) >= 11 is 0. The second-order valence-corrected chi connectivity index (χ2v) is 2.86. The SMILES string of the molecule is CCCCCCCCN(O)O. The Hall–Kier alpha value is -0.120. The molecule has 0 radical (unpaired) electrons. The minimum atomic E-state index is 0.264. The summed E-state index contributed by atoms with van der Waals surface area (Å²) in [7, 11) is 0. The third kappa shape index (κ3) is 9.88. The Morgan fingerprint density at radius 3 is 2.00 bits per heavy atom. The molecule has 11 heavy (non-hydrogen) atoms. The smallest absolute Gasteiger partial charge is 0.0512 e. The molecular weight excluding hydrogens is 142 g/mol. The fourth-order valence-corrected chi connectivity index (χ4v) is 1.03. The summed E-state index contributed by atoms with van der Waals surface area (Å²) in [6.45, 7) is 2.55. The van der Waals surface area contributed by atoms with Gasteiger partial charge in [0.2, 0.25) is 0 Å². The highest BCUT2D eigenvalue weighted by atomic mass is 16.8. The minimum absolute atomic E-state index is 0.264. The van der Waals surface area contributed by atoms with Crippen molar-refractivity contribution < 1.29 is 10.4 Å². The van der Waals surface area contributed by atoms with Gasteiger partial charge in [0.15, 0.2) is 0 Å². The fraction of sp³-hybridized carbons (Fsp3) is 1.00. The second-order valence-electron chi connectivity index (χ2n) is 2.86. The van der Waals surface area contributed by atoms with Crippen LogP contribution in [0.25, 0.3) is 0 Å². The molecule has 0 unspecified atom stereocenters. The van der Waals surface area contributed by atoms with Gasteiger partial charge in [0, 0.05) is 0 Å². The molecule has 0 aliphatic heterocycles. The first kappa shape index (κ1) is 10.9. The number of nitrogens with zero attached hydrogens (tertiary/aromatic N) is 1. The van der Waals surface area contributed by atoms with Crippen LogP contribution in [0.4, 0.5) is 0 Å². The largest absolute Gasteiger partial charge is 0.290 e. The quantitative estimate of drug-likeness (QED) is 0.445. The molecule has 0 bridgehead atoms. The third-order valence-corrected chi connectivity index (χ3v) is 1.71. The first-order valence-corrected chi connectivity index (χ1v) is 4.42. The minimum Gasteiger partial charge on any atom is -0.290 e. The van der Waals surface area contributed by atoms with Gasteiger partial charge in [-0.3, -0.25) is 10.4 Å². The summed E-state index contributed by atoms with van der Waals surface area (Å²) in [5, 5.41) is 17.0. The van der Waals surface area contributed by atoms with Crippen molar-refractivity contribution in [3.8, 4) is 0 Å². The lowest BCUT2D eigenvalue weighted by Crippen LogP contribution is -2.14. The van der Waals surface area contributed by atoms with Crippen molar-refractivity contribution in [1.82, 2.24) is 5.23 Å². The highest BCUT2D eigenvalue weighted by molar-refractivity contribution is 4.43. The summed E-state index contributed by atoms with van der Waals surface area (Å²) in [5.41, 5.74) is 0. The van der Waals surface area contributed by atoms with E-state index in [0.717, 1.165) is 12.8 Å². The van der Waals surface area contributed by atoms with Gasteiger partial charge >= 0.3 is 0 Å². The highest BCUT2D eigenvalue weighted by Gasteiger charge is 1.93. The first-order chi connectivity index (χ1) is 5.27. The predicted octanol–water partition coefficient (Wildman–Crippen LogP) is 2.43. The van der Waals surface area contributed by atoms with Crippen LogP contribution in [0.15, 0.2) is 0 Å². The zero-order valence-corrected chi connectivity index (χ0v) is 7.29. The van der Waals surface area contributed by atoms with Crippen LogP contribution >= 0.6 is 0 Å². The van der Waals surface area contributed by atoms with Crippen LogP contribution < -0.4 is 0 Å². The summed E-state index contributed by atoms with van der Waals surface area (Å²) < 4.78 is 0. The Labute approximate surface area is 68.6 Å². The molecule has 2 N–H and O–H groups in total. The van der Waals surface area contributed by atoms with Gasteiger partial charge in [-0.05, 0) is 6.42 Å². The molecule has 0 amide bonds. The average Bonchev–Trinajstić information content (AvgIpc) is 1.96. The molecule has 0 fully saturated rings. The molecule has 0 atom stereocenters. The van der Waals surface area contributed by atoms with Crippen molar-refractivity contribution >= 4 is 0 Å². The zero-order valence-electron chi connectivity index (χ0n) is 7.29. The van der Waals surface area contributed by atoms with E-state index in [2.05, 4.69) is 6.92 Å². The van der Waals surface area contributed by atoms with E-state index in [9.17, 15) is 0 Å². The van der Waals surface area contributed by atoms with E-state index < -0.39 is 0 Å². The predicted molar refractivity (Wildman–Crippen MR) is 43.7 cm³/mol. The van der Waals surface area contributed by atoms with Crippen LogP contribution in [0.3, 0.4) is 0 Å². The van der Waals surface area contributed by atoms with Gasteiger partial charge in [0.25, 0.3) is 0 Å². The van der Waals surface area contributed by atoms with E-state index in [1.54, 1.807) is 0 Å². The maximum atomic E-state index is 8.34. The lowest BCUT2D eigenvalue weighted by molar-refractivity contribution is -0.306. The molecule has 0 aromatic rings. The van der Waals surface area contributed by atoms with Gasteiger partial charge in [-0.15, -0.1) is 0 Å². The maximum absolute atomic E-state index is 8.34. The van der Waals surface area contributed by atoms with E-state index in [4.69, 9.17) is 10.4 Å². The Morgan fingerprint density at radius 2 is 1.45 bits per heavy atom. The van der Waals surface area contributed by atoms with E-state index in [1.165, 1.54) is 25.7 Å². The zero-order chi connectivity index (χ0) is 8.53. The molecule has 0 saturated carbocycles. The van der Waals surface area contributed by atoms with E-state index in [1.807, 2.05) is 0 Å². The van der Waals surface area contributed by atoms with E-state index >= 15 is 0 Å². The summed E-state index contributed by atoms with van der Waals surface area (Å²) in [6, 6.07) is 0. The van der Waals surface area contributed by atoms with Crippen LogP contribution in [-0.2, 0) is 0 Å². The van der Waals surface area contributed by atoms with Crippen molar-refractivity contribution in [1.29, 1.82) is 0 Å². The molecule has 0 aromatic heterocycles. The molecule has 0 saturated heterocycles. The summed E-state index contributed by atoms with van der Waals surface area (Å²) in [6.07, 6.45) is 7.00. The van der Waals surface area contributed by atoms with Crippen LogP contribution in [-0.4, -0.2) is 22.2 Å². The number of hydrogen-bond acceptors (Lipinski definition) is 3. The van der Waals surface area contributed by atoms with Gasteiger partial charge in [-0.1, -0.05) is 44.3 Å². The van der Waals surface area contributed by atoms with E-state index in [-0.39, 0.29) is 5.23 Å². The molecule has 0 rings (SSSR count). The van der Waals surface area contributed by atoms with Gasteiger partial charge in [-0.2, -0.15) is 0 Å². The average molecular weight is 161 g/mol. The van der Waals surface area contributed by atoms with Crippen molar-refractivity contribution in [2.75, 3.05) is 6.54 Å². The lowest BCUT2D eigenvalue weighted by atomic mass is 10.1. The topological polar surface area (TPSA) is 43.7 Å². The Morgan fingerprint density at radius 1 is 0.909 bits per heavy atom. The monoisotopic (exact) mass is 161 g/mol. The molecule has 3 nitrogen and oxygen atoms in total. The Balaban J connectivity index is 2.80. The lowest BCUT2D eigenvalue weighted by Gasteiger charge is -2.04. The van der Waals surface area contributed by atoms with Gasteiger partial charge in [0.1, 0.15) is 0 Å². The number of hydrogen-bond donors (Lipinski definition) is 2. The molecular formula is C8H19NO2. The normalized spacial score (nSPS) is 10.9. The molecule has 68 valence electrons. The number of hydroxylamine groups is 2. The molecule has 0 heterocycles. The van der Waals surface area contributed by atoms with Crippen LogP contribution in [0.5, 0.6) is 0 Å². The summed E-state index contributed by atoms with van der Waals surface area (Å²) in [4.78, 5) is 0. The number of unbranched alkanes of at least 4 members (excludes halogenated alkanes) is 5. The van der Waals surface area contributed by atoms with Crippen molar-refractivity contribution in [3.63, 3.8) is 0 Å². The molecule has 0 spiro atoms. The number of rotatable bonds is 7. The first-order valence-electron chi connectivity index (χ1n) is 4.42. The molecule has 0 aromatic carbocycles. The molecule has 0 aliphatic carbocycles. The Bertz CT molecular complexity index is 76.5. The maximum Gasteiger partial charge on any atom is 0.0512 e. The van der Waals surface area contributed by atoms with E-state index in [0.29, 0.717) is 6.54 Å². The van der Waals surface area contributed by atoms with Gasteiger partial charge in [0.05, 0.1) is 6.54 Å². The van der Waals surface area contributed by atoms with Gasteiger partial charge in [-0.25, -0.2) is 0 Å². The van der Waals surface area contributed by atoms with Crippen LogP contribution in [0, 0.1) is 0 Å². The standard InChI is InChI=1S/C8H19NO2/c1-2-3-4-5-6-7-8-9(10)11/h10-11H,2-8H2,1H3. The van der Waals surface area contributed by atoms with Crippen LogP contribution in [0.2, 0.25) is 0 Å².